The Morgan fingerprint density at radius 1 is 1.25 bits per heavy atom. The normalized spacial score (nSPS) is 13.0. The molecule has 0 aliphatic carbocycles. The zero-order chi connectivity index (χ0) is 17.9. The van der Waals surface area contributed by atoms with Gasteiger partial charge in [0, 0.05) is 6.07 Å². The van der Waals surface area contributed by atoms with Crippen molar-refractivity contribution in [2.45, 2.75) is 20.0 Å². The number of benzene rings is 1. The van der Waals surface area contributed by atoms with E-state index >= 15 is 0 Å². The van der Waals surface area contributed by atoms with E-state index < -0.39 is 35.2 Å². The van der Waals surface area contributed by atoms with E-state index in [1.54, 1.807) is 6.07 Å². The molecule has 2 rings (SSSR count). The third-order valence-electron chi connectivity index (χ3n) is 3.40. The van der Waals surface area contributed by atoms with Crippen molar-refractivity contribution in [2.75, 3.05) is 0 Å². The van der Waals surface area contributed by atoms with Gasteiger partial charge in [0.2, 0.25) is 0 Å². The van der Waals surface area contributed by atoms with Crippen molar-refractivity contribution in [2.24, 2.45) is 5.92 Å². The average Bonchev–Trinajstić information content (AvgIpc) is 2.97. The number of halogens is 2. The van der Waals surface area contributed by atoms with Crippen LogP contribution in [0.3, 0.4) is 0 Å². The van der Waals surface area contributed by atoms with Crippen molar-refractivity contribution in [1.82, 2.24) is 0 Å². The zero-order valence-corrected chi connectivity index (χ0v) is 12.9. The number of rotatable bonds is 6. The molecule has 1 aromatic carbocycles. The topological polar surface area (TPSA) is 80.3 Å². The smallest absolute Gasteiger partial charge is 0.197 e. The van der Waals surface area contributed by atoms with Crippen LogP contribution in [0.5, 0.6) is 5.75 Å². The lowest BCUT2D eigenvalue weighted by molar-refractivity contribution is -0.126. The van der Waals surface area contributed by atoms with Crippen LogP contribution in [0, 0.1) is 35.8 Å². The fraction of sp³-hybridized carbons (Fsp3) is 0.235. The Morgan fingerprint density at radius 3 is 2.50 bits per heavy atom. The van der Waals surface area contributed by atoms with Gasteiger partial charge in [0.15, 0.2) is 35.2 Å². The minimum absolute atomic E-state index is 0.0848. The maximum Gasteiger partial charge on any atom is 0.197 e. The van der Waals surface area contributed by atoms with E-state index in [1.165, 1.54) is 26.2 Å². The van der Waals surface area contributed by atoms with E-state index in [2.05, 4.69) is 0 Å². The molecule has 0 bridgehead atoms. The van der Waals surface area contributed by atoms with Crippen molar-refractivity contribution in [1.29, 1.82) is 5.26 Å². The van der Waals surface area contributed by atoms with Gasteiger partial charge < -0.3 is 9.15 Å². The first-order valence-corrected chi connectivity index (χ1v) is 6.98. The van der Waals surface area contributed by atoms with Crippen LogP contribution in [0.15, 0.2) is 34.9 Å². The molecule has 0 saturated heterocycles. The fourth-order valence-electron chi connectivity index (χ4n) is 2.09. The van der Waals surface area contributed by atoms with Crippen LogP contribution in [0.25, 0.3) is 0 Å². The second-order valence-corrected chi connectivity index (χ2v) is 5.06. The molecule has 1 aromatic heterocycles. The van der Waals surface area contributed by atoms with E-state index in [0.717, 1.165) is 18.2 Å². The predicted molar refractivity (Wildman–Crippen MR) is 78.3 cm³/mol. The van der Waals surface area contributed by atoms with Gasteiger partial charge in [-0.25, -0.2) is 8.78 Å². The SMILES string of the molecule is Cc1occc1C(=O)[C@H](C#N)C(=O)[C@@H](C)Oc1ccc(F)c(F)c1. The quantitative estimate of drug-likeness (QED) is 0.599. The summed E-state index contributed by atoms with van der Waals surface area (Å²) in [5.41, 5.74) is 0.134. The maximum atomic E-state index is 13.2. The van der Waals surface area contributed by atoms with Gasteiger partial charge in [0.25, 0.3) is 0 Å². The number of nitriles is 1. The highest BCUT2D eigenvalue weighted by Crippen LogP contribution is 2.20. The molecule has 0 aliphatic rings. The van der Waals surface area contributed by atoms with E-state index in [-0.39, 0.29) is 11.3 Å². The highest BCUT2D eigenvalue weighted by Gasteiger charge is 2.33. The van der Waals surface area contributed by atoms with Crippen LogP contribution < -0.4 is 4.74 Å². The van der Waals surface area contributed by atoms with Gasteiger partial charge in [-0.3, -0.25) is 9.59 Å². The molecule has 124 valence electrons. The Kier molecular flexibility index (Phi) is 5.09. The molecule has 2 atom stereocenters. The van der Waals surface area contributed by atoms with Crippen molar-refractivity contribution >= 4 is 11.6 Å². The standard InChI is InChI=1S/C17H13F2NO4/c1-9-12(5-6-23-9)17(22)13(8-20)16(21)10(2)24-11-3-4-14(18)15(19)7-11/h3-7,10,13H,1-2H3/t10-,13-/m1/s1. The lowest BCUT2D eigenvalue weighted by atomic mass is 9.93. The van der Waals surface area contributed by atoms with Gasteiger partial charge >= 0.3 is 0 Å². The summed E-state index contributed by atoms with van der Waals surface area (Å²) in [5.74, 6) is -5.04. The Hall–Kier alpha value is -3.01. The van der Waals surface area contributed by atoms with E-state index in [1.807, 2.05) is 0 Å². The molecule has 0 fully saturated rings. The zero-order valence-electron chi connectivity index (χ0n) is 12.9. The largest absolute Gasteiger partial charge is 0.483 e. The molecule has 1 heterocycles. The Balaban J connectivity index is 2.16. The molecular weight excluding hydrogens is 320 g/mol. The Labute approximate surface area is 136 Å². The average molecular weight is 333 g/mol. The molecule has 0 spiro atoms. The number of hydrogen-bond donors (Lipinski definition) is 0. The van der Waals surface area contributed by atoms with E-state index in [4.69, 9.17) is 14.4 Å². The number of hydrogen-bond acceptors (Lipinski definition) is 5. The molecule has 5 nitrogen and oxygen atoms in total. The highest BCUT2D eigenvalue weighted by molar-refractivity contribution is 6.14. The van der Waals surface area contributed by atoms with Gasteiger partial charge in [-0.2, -0.15) is 5.26 Å². The molecular formula is C17H13F2NO4. The molecule has 0 amide bonds. The summed E-state index contributed by atoms with van der Waals surface area (Å²) in [6, 6.07) is 5.80. The highest BCUT2D eigenvalue weighted by atomic mass is 19.2. The van der Waals surface area contributed by atoms with Gasteiger partial charge in [-0.1, -0.05) is 0 Å². The lowest BCUT2D eigenvalue weighted by Gasteiger charge is -2.16. The molecule has 24 heavy (non-hydrogen) atoms. The van der Waals surface area contributed by atoms with Crippen molar-refractivity contribution in [3.63, 3.8) is 0 Å². The summed E-state index contributed by atoms with van der Waals surface area (Å²) in [5, 5.41) is 9.16. The number of ether oxygens (including phenoxy) is 1. The van der Waals surface area contributed by atoms with Crippen LogP contribution in [0.2, 0.25) is 0 Å². The predicted octanol–water partition coefficient (Wildman–Crippen LogP) is 3.23. The molecule has 0 saturated carbocycles. The molecule has 0 unspecified atom stereocenters. The summed E-state index contributed by atoms with van der Waals surface area (Å²) < 4.78 is 36.2. The van der Waals surface area contributed by atoms with Crippen LogP contribution in [-0.4, -0.2) is 17.7 Å². The summed E-state index contributed by atoms with van der Waals surface area (Å²) in [6.07, 6.45) is 0.0820. The molecule has 2 aromatic rings. The second-order valence-electron chi connectivity index (χ2n) is 5.06. The molecule has 0 N–H and O–H groups in total. The summed E-state index contributed by atoms with van der Waals surface area (Å²) in [4.78, 5) is 24.6. The first kappa shape index (κ1) is 17.3. The summed E-state index contributed by atoms with van der Waals surface area (Å²) in [6.45, 7) is 2.86. The van der Waals surface area contributed by atoms with Gasteiger partial charge in [0.05, 0.1) is 17.9 Å². The molecule has 0 aliphatic heterocycles. The van der Waals surface area contributed by atoms with Crippen LogP contribution in [0.4, 0.5) is 8.78 Å². The third kappa shape index (κ3) is 3.49. The summed E-state index contributed by atoms with van der Waals surface area (Å²) >= 11 is 0. The van der Waals surface area contributed by atoms with E-state index in [9.17, 15) is 18.4 Å². The van der Waals surface area contributed by atoms with Crippen LogP contribution in [-0.2, 0) is 4.79 Å². The fourth-order valence-corrected chi connectivity index (χ4v) is 2.09. The van der Waals surface area contributed by atoms with E-state index in [0.29, 0.717) is 5.76 Å². The number of carbonyl (C=O) groups excluding carboxylic acids is 2. The second kappa shape index (κ2) is 7.04. The van der Waals surface area contributed by atoms with Gasteiger partial charge in [0.1, 0.15) is 11.5 Å². The van der Waals surface area contributed by atoms with Crippen molar-refractivity contribution < 1.29 is 27.5 Å². The first-order chi connectivity index (χ1) is 11.3. The van der Waals surface area contributed by atoms with Crippen molar-refractivity contribution in [3.8, 4) is 11.8 Å². The number of nitrogens with zero attached hydrogens (tertiary/aromatic N) is 1. The van der Waals surface area contributed by atoms with Crippen LogP contribution in [0.1, 0.15) is 23.0 Å². The minimum Gasteiger partial charge on any atom is -0.483 e. The molecule has 0 radical (unpaired) electrons. The Morgan fingerprint density at radius 2 is 1.96 bits per heavy atom. The number of ketones is 2. The number of aryl methyl sites for hydroxylation is 1. The Bertz CT molecular complexity index is 822. The lowest BCUT2D eigenvalue weighted by Crippen LogP contribution is -2.34. The van der Waals surface area contributed by atoms with Gasteiger partial charge in [-0.15, -0.1) is 0 Å². The third-order valence-corrected chi connectivity index (χ3v) is 3.40. The molecule has 7 heteroatoms. The van der Waals surface area contributed by atoms with Crippen LogP contribution >= 0.6 is 0 Å². The number of carbonyl (C=O) groups is 2. The van der Waals surface area contributed by atoms with Crippen molar-refractivity contribution in [3.05, 3.63) is 53.5 Å². The number of furan rings is 1. The first-order valence-electron chi connectivity index (χ1n) is 6.98. The number of Topliss-reactive ketones (excluding diaryl/α,β-unsaturated/α-hetero) is 2. The summed E-state index contributed by atoms with van der Waals surface area (Å²) in [7, 11) is 0. The van der Waals surface area contributed by atoms with Gasteiger partial charge in [-0.05, 0) is 32.0 Å². The monoisotopic (exact) mass is 333 g/mol. The maximum absolute atomic E-state index is 13.2. The minimum atomic E-state index is -1.58.